The fourth-order valence-electron chi connectivity index (χ4n) is 1.90. The molecule has 1 N–H and O–H groups in total. The first-order chi connectivity index (χ1) is 6.77. The van der Waals surface area contributed by atoms with E-state index in [-0.39, 0.29) is 0 Å². The average Bonchev–Trinajstić information content (AvgIpc) is 2.23. The van der Waals surface area contributed by atoms with Crippen LogP contribution in [0, 0.1) is 0 Å². The molecule has 1 aromatic rings. The van der Waals surface area contributed by atoms with Gasteiger partial charge in [0.15, 0.2) is 0 Å². The van der Waals surface area contributed by atoms with E-state index >= 15 is 0 Å². The maximum atomic E-state index is 5.98. The zero-order chi connectivity index (χ0) is 9.97. The molecule has 0 unspecified atom stereocenters. The van der Waals surface area contributed by atoms with Gasteiger partial charge in [0.2, 0.25) is 0 Å². The number of halogens is 2. The summed E-state index contributed by atoms with van der Waals surface area (Å²) in [6.07, 6.45) is 2.48. The van der Waals surface area contributed by atoms with E-state index in [9.17, 15) is 0 Å². The minimum Gasteiger partial charge on any atom is -0.316 e. The molecule has 76 valence electrons. The molecule has 1 nitrogen and oxygen atoms in total. The number of hydrogen-bond acceptors (Lipinski definition) is 1. The van der Waals surface area contributed by atoms with E-state index in [4.69, 9.17) is 23.2 Å². The lowest BCUT2D eigenvalue weighted by Crippen LogP contribution is -2.28. The van der Waals surface area contributed by atoms with Crippen LogP contribution in [0.2, 0.25) is 10.0 Å². The van der Waals surface area contributed by atoms with Crippen molar-refractivity contribution < 1.29 is 0 Å². The molecule has 0 aliphatic carbocycles. The summed E-state index contributed by atoms with van der Waals surface area (Å²) in [5.74, 6) is 0.596. The van der Waals surface area contributed by atoms with Crippen molar-refractivity contribution in [3.05, 3.63) is 33.8 Å². The van der Waals surface area contributed by atoms with E-state index in [2.05, 4.69) is 11.4 Å². The molecule has 14 heavy (non-hydrogen) atoms. The van der Waals surface area contributed by atoms with Crippen LogP contribution in [0.25, 0.3) is 0 Å². The van der Waals surface area contributed by atoms with Gasteiger partial charge in [0.05, 0.1) is 10.0 Å². The van der Waals surface area contributed by atoms with Gasteiger partial charge < -0.3 is 5.32 Å². The molecule has 0 radical (unpaired) electrons. The molecule has 1 aliphatic heterocycles. The first-order valence-corrected chi connectivity index (χ1v) is 5.68. The topological polar surface area (TPSA) is 12.0 Å². The molecule has 0 bridgehead atoms. The highest BCUT2D eigenvalue weighted by Gasteiger charge is 2.15. The second-order valence-corrected chi connectivity index (χ2v) is 4.53. The lowest BCUT2D eigenvalue weighted by Gasteiger charge is -2.23. The van der Waals surface area contributed by atoms with Crippen LogP contribution in [0.15, 0.2) is 18.2 Å². The third kappa shape index (κ3) is 2.22. The van der Waals surface area contributed by atoms with Gasteiger partial charge in [0.1, 0.15) is 0 Å². The molecular formula is C11H13Cl2N. The monoisotopic (exact) mass is 229 g/mol. The van der Waals surface area contributed by atoms with Crippen molar-refractivity contribution in [1.29, 1.82) is 0 Å². The quantitative estimate of drug-likeness (QED) is 0.778. The molecule has 3 heteroatoms. The smallest absolute Gasteiger partial charge is 0.0595 e. The Bertz CT molecular complexity index is 319. The summed E-state index contributed by atoms with van der Waals surface area (Å²) >= 11 is 11.9. The zero-order valence-corrected chi connectivity index (χ0v) is 9.41. The second-order valence-electron chi connectivity index (χ2n) is 3.72. The van der Waals surface area contributed by atoms with Gasteiger partial charge in [-0.05, 0) is 43.0 Å². The molecule has 2 rings (SSSR count). The van der Waals surface area contributed by atoms with Crippen LogP contribution >= 0.6 is 23.2 Å². The zero-order valence-electron chi connectivity index (χ0n) is 7.89. The van der Waals surface area contributed by atoms with Crippen LogP contribution in [0.4, 0.5) is 0 Å². The Morgan fingerprint density at radius 1 is 1.21 bits per heavy atom. The fraction of sp³-hybridized carbons (Fsp3) is 0.455. The molecule has 0 amide bonds. The standard InChI is InChI=1S/C11H13Cl2N/c12-10-4-3-8(6-11(10)13)9-2-1-5-14-7-9/h3-4,6,9,14H,1-2,5,7H2/t9-/m0/s1. The number of nitrogens with one attached hydrogen (secondary N) is 1. The highest BCUT2D eigenvalue weighted by Crippen LogP contribution is 2.29. The molecular weight excluding hydrogens is 217 g/mol. The summed E-state index contributed by atoms with van der Waals surface area (Å²) in [6, 6.07) is 5.95. The Hall–Kier alpha value is -0.240. The van der Waals surface area contributed by atoms with Crippen molar-refractivity contribution in [3.63, 3.8) is 0 Å². The van der Waals surface area contributed by atoms with Gasteiger partial charge in [-0.3, -0.25) is 0 Å². The van der Waals surface area contributed by atoms with Gasteiger partial charge in [-0.1, -0.05) is 29.3 Å². The Morgan fingerprint density at radius 2 is 2.07 bits per heavy atom. The SMILES string of the molecule is Clc1ccc([C@H]2CCCNC2)cc1Cl. The molecule has 0 saturated carbocycles. The molecule has 1 heterocycles. The number of benzene rings is 1. The van der Waals surface area contributed by atoms with Crippen LogP contribution in [-0.2, 0) is 0 Å². The van der Waals surface area contributed by atoms with Crippen LogP contribution in [0.1, 0.15) is 24.3 Å². The van der Waals surface area contributed by atoms with Gasteiger partial charge in [-0.25, -0.2) is 0 Å². The third-order valence-electron chi connectivity index (χ3n) is 2.71. The summed E-state index contributed by atoms with van der Waals surface area (Å²) in [5.41, 5.74) is 1.30. The van der Waals surface area contributed by atoms with E-state index in [1.54, 1.807) is 0 Å². The Morgan fingerprint density at radius 3 is 2.71 bits per heavy atom. The Labute approximate surface area is 94.4 Å². The van der Waals surface area contributed by atoms with Gasteiger partial charge in [-0.15, -0.1) is 0 Å². The first-order valence-electron chi connectivity index (χ1n) is 4.93. The average molecular weight is 230 g/mol. The van der Waals surface area contributed by atoms with E-state index in [1.807, 2.05) is 12.1 Å². The molecule has 1 aromatic carbocycles. The number of hydrogen-bond donors (Lipinski definition) is 1. The van der Waals surface area contributed by atoms with E-state index in [1.165, 1.54) is 18.4 Å². The summed E-state index contributed by atoms with van der Waals surface area (Å²) in [7, 11) is 0. The van der Waals surface area contributed by atoms with E-state index in [0.717, 1.165) is 13.1 Å². The highest BCUT2D eigenvalue weighted by molar-refractivity contribution is 6.42. The minimum absolute atomic E-state index is 0.596. The van der Waals surface area contributed by atoms with Gasteiger partial charge in [0.25, 0.3) is 0 Å². The Balaban J connectivity index is 2.18. The van der Waals surface area contributed by atoms with Gasteiger partial charge in [0, 0.05) is 6.54 Å². The van der Waals surface area contributed by atoms with E-state index < -0.39 is 0 Å². The maximum absolute atomic E-state index is 5.98. The first kappa shape index (κ1) is 10.3. The van der Waals surface area contributed by atoms with Crippen LogP contribution in [0.3, 0.4) is 0 Å². The van der Waals surface area contributed by atoms with Crippen molar-refractivity contribution in [2.75, 3.05) is 13.1 Å². The molecule has 1 saturated heterocycles. The van der Waals surface area contributed by atoms with Gasteiger partial charge in [-0.2, -0.15) is 0 Å². The lowest BCUT2D eigenvalue weighted by molar-refractivity contribution is 0.461. The third-order valence-corrected chi connectivity index (χ3v) is 3.45. The summed E-state index contributed by atoms with van der Waals surface area (Å²) in [6.45, 7) is 2.19. The molecule has 1 fully saturated rings. The van der Waals surface area contributed by atoms with Crippen LogP contribution < -0.4 is 5.32 Å². The second kappa shape index (κ2) is 4.52. The maximum Gasteiger partial charge on any atom is 0.0595 e. The lowest BCUT2D eigenvalue weighted by atomic mass is 9.92. The predicted molar refractivity (Wildman–Crippen MR) is 61.3 cm³/mol. The van der Waals surface area contributed by atoms with Crippen molar-refractivity contribution in [1.82, 2.24) is 5.32 Å². The van der Waals surface area contributed by atoms with Crippen molar-refractivity contribution in [2.45, 2.75) is 18.8 Å². The predicted octanol–water partition coefficient (Wildman–Crippen LogP) is 3.46. The molecule has 0 aromatic heterocycles. The molecule has 1 aliphatic rings. The molecule has 0 spiro atoms. The van der Waals surface area contributed by atoms with Crippen molar-refractivity contribution in [3.8, 4) is 0 Å². The number of rotatable bonds is 1. The summed E-state index contributed by atoms with van der Waals surface area (Å²) in [4.78, 5) is 0. The number of piperidine rings is 1. The fourth-order valence-corrected chi connectivity index (χ4v) is 2.21. The Kier molecular flexibility index (Phi) is 3.32. The van der Waals surface area contributed by atoms with E-state index in [0.29, 0.717) is 16.0 Å². The van der Waals surface area contributed by atoms with Crippen LogP contribution in [-0.4, -0.2) is 13.1 Å². The van der Waals surface area contributed by atoms with Gasteiger partial charge >= 0.3 is 0 Å². The highest BCUT2D eigenvalue weighted by atomic mass is 35.5. The van der Waals surface area contributed by atoms with Crippen molar-refractivity contribution in [2.24, 2.45) is 0 Å². The summed E-state index contributed by atoms with van der Waals surface area (Å²) < 4.78 is 0. The normalized spacial score (nSPS) is 22.3. The summed E-state index contributed by atoms with van der Waals surface area (Å²) in [5, 5.41) is 4.69. The minimum atomic E-state index is 0.596. The largest absolute Gasteiger partial charge is 0.316 e. The molecule has 1 atom stereocenters. The van der Waals surface area contributed by atoms with Crippen molar-refractivity contribution >= 4 is 23.2 Å². The van der Waals surface area contributed by atoms with Crippen LogP contribution in [0.5, 0.6) is 0 Å².